The first kappa shape index (κ1) is 26.9. The molecule has 1 aromatic carbocycles. The molecule has 36 heavy (non-hydrogen) atoms. The van der Waals surface area contributed by atoms with Gasteiger partial charge in [0.1, 0.15) is 5.82 Å². The number of nitrogens with one attached hydrogen (secondary N) is 1. The Kier molecular flexibility index (Phi) is 7.99. The lowest BCUT2D eigenvalue weighted by Gasteiger charge is -2.39. The average Bonchev–Trinajstić information content (AvgIpc) is 3.27. The lowest BCUT2D eigenvalue weighted by molar-refractivity contribution is -0.173. The summed E-state index contributed by atoms with van der Waals surface area (Å²) in [6, 6.07) is 4.04. The van der Waals surface area contributed by atoms with Gasteiger partial charge in [-0.2, -0.15) is 13.2 Å². The summed E-state index contributed by atoms with van der Waals surface area (Å²) < 4.78 is 58.8. The van der Waals surface area contributed by atoms with Crippen LogP contribution in [0, 0.1) is 12.7 Å². The van der Waals surface area contributed by atoms with E-state index in [1.807, 2.05) is 24.1 Å². The van der Waals surface area contributed by atoms with Crippen molar-refractivity contribution in [3.63, 3.8) is 0 Å². The van der Waals surface area contributed by atoms with E-state index >= 15 is 0 Å². The fourth-order valence-corrected chi connectivity index (χ4v) is 6.84. The quantitative estimate of drug-likeness (QED) is 0.376. The number of rotatable bonds is 7. The van der Waals surface area contributed by atoms with Crippen molar-refractivity contribution in [2.24, 2.45) is 0 Å². The van der Waals surface area contributed by atoms with Crippen molar-refractivity contribution in [1.29, 1.82) is 0 Å². The number of nitrogens with zero attached hydrogens (tertiary/aromatic N) is 1. The van der Waals surface area contributed by atoms with Gasteiger partial charge in [0.2, 0.25) is 0 Å². The fraction of sp³-hybridized carbons (Fsp3) is 0.520. The van der Waals surface area contributed by atoms with Crippen LogP contribution < -0.4 is 10.1 Å². The van der Waals surface area contributed by atoms with Gasteiger partial charge in [-0.3, -0.25) is 9.59 Å². The van der Waals surface area contributed by atoms with Crippen molar-refractivity contribution in [2.75, 3.05) is 6.61 Å². The van der Waals surface area contributed by atoms with Gasteiger partial charge in [-0.15, -0.1) is 0 Å². The van der Waals surface area contributed by atoms with E-state index in [0.717, 1.165) is 29.3 Å². The molecule has 0 saturated carbocycles. The summed E-state index contributed by atoms with van der Waals surface area (Å²) in [7, 11) is 0. The summed E-state index contributed by atoms with van der Waals surface area (Å²) in [4.78, 5) is 27.3. The number of carbonyl (C=O) groups excluding carboxylic acids is 2. The molecule has 2 aliphatic heterocycles. The molecule has 2 unspecified atom stereocenters. The molecular formula is C25H27BrF4N2O3S. The molecule has 4 rings (SSSR count). The van der Waals surface area contributed by atoms with E-state index in [-0.39, 0.29) is 30.5 Å². The minimum Gasteiger partial charge on any atom is -0.483 e. The number of alkyl halides is 3. The zero-order valence-electron chi connectivity index (χ0n) is 19.9. The average molecular weight is 591 g/mol. The molecular weight excluding hydrogens is 564 g/mol. The number of piperidine rings is 1. The molecule has 2 atom stereocenters. The second kappa shape index (κ2) is 10.7. The number of ether oxygens (including phenoxy) is 1. The maximum Gasteiger partial charge on any atom is 0.471 e. The molecule has 0 spiro atoms. The van der Waals surface area contributed by atoms with E-state index in [0.29, 0.717) is 40.5 Å². The van der Waals surface area contributed by atoms with Crippen LogP contribution in [-0.4, -0.2) is 41.6 Å². The van der Waals surface area contributed by atoms with Gasteiger partial charge in [0.15, 0.2) is 5.06 Å². The molecule has 0 radical (unpaired) electrons. The van der Waals surface area contributed by atoms with Gasteiger partial charge in [0.25, 0.3) is 5.91 Å². The van der Waals surface area contributed by atoms with Crippen molar-refractivity contribution < 1.29 is 31.9 Å². The summed E-state index contributed by atoms with van der Waals surface area (Å²) in [6.45, 7) is 4.12. The molecule has 2 amide bonds. The van der Waals surface area contributed by atoms with Crippen LogP contribution in [0.25, 0.3) is 0 Å². The Balaban J connectivity index is 1.49. The highest BCUT2D eigenvalue weighted by Gasteiger charge is 2.45. The summed E-state index contributed by atoms with van der Waals surface area (Å²) in [6.07, 6.45) is -1.33. The van der Waals surface area contributed by atoms with E-state index in [1.165, 1.54) is 29.5 Å². The van der Waals surface area contributed by atoms with Crippen LogP contribution in [0.5, 0.6) is 5.06 Å². The maximum absolute atomic E-state index is 14.8. The zero-order valence-corrected chi connectivity index (χ0v) is 22.3. The van der Waals surface area contributed by atoms with E-state index in [2.05, 4.69) is 15.9 Å². The van der Waals surface area contributed by atoms with Crippen LogP contribution in [0.15, 0.2) is 22.7 Å². The highest BCUT2D eigenvalue weighted by Crippen LogP contribution is 2.47. The summed E-state index contributed by atoms with van der Waals surface area (Å²) in [5, 5.41) is 2.52. The first-order chi connectivity index (χ1) is 17.0. The third-order valence-electron chi connectivity index (χ3n) is 6.85. The van der Waals surface area contributed by atoms with Crippen molar-refractivity contribution >= 4 is 39.1 Å². The number of carbonyl (C=O) groups is 2. The molecule has 5 nitrogen and oxygen atoms in total. The molecule has 2 aromatic rings. The van der Waals surface area contributed by atoms with Crippen LogP contribution in [0.3, 0.4) is 0 Å². The lowest BCUT2D eigenvalue weighted by atomic mass is 9.84. The first-order valence-electron chi connectivity index (χ1n) is 11.9. The van der Waals surface area contributed by atoms with Gasteiger partial charge in [-0.1, -0.05) is 30.4 Å². The maximum atomic E-state index is 14.8. The Morgan fingerprint density at radius 2 is 1.89 bits per heavy atom. The molecule has 2 saturated heterocycles. The van der Waals surface area contributed by atoms with Gasteiger partial charge < -0.3 is 15.0 Å². The molecule has 0 aliphatic carbocycles. The van der Waals surface area contributed by atoms with Gasteiger partial charge >= 0.3 is 12.1 Å². The smallest absolute Gasteiger partial charge is 0.471 e. The number of benzene rings is 1. The van der Waals surface area contributed by atoms with Gasteiger partial charge in [-0.05, 0) is 83.6 Å². The van der Waals surface area contributed by atoms with Gasteiger partial charge in [-0.25, -0.2) is 4.39 Å². The fourth-order valence-electron chi connectivity index (χ4n) is 5.14. The number of hydrogen-bond donors (Lipinski definition) is 1. The normalized spacial score (nSPS) is 21.5. The lowest BCUT2D eigenvalue weighted by Crippen LogP contribution is -2.46. The van der Waals surface area contributed by atoms with E-state index < -0.39 is 17.9 Å². The third-order valence-corrected chi connectivity index (χ3v) is 9.26. The van der Waals surface area contributed by atoms with Crippen LogP contribution in [0.2, 0.25) is 0 Å². The molecule has 2 fully saturated rings. The number of halogens is 5. The van der Waals surface area contributed by atoms with Crippen LogP contribution in [0.1, 0.15) is 71.3 Å². The predicted octanol–water partition coefficient (Wildman–Crippen LogP) is 6.48. The van der Waals surface area contributed by atoms with Crippen LogP contribution in [0.4, 0.5) is 17.6 Å². The minimum atomic E-state index is -4.97. The van der Waals surface area contributed by atoms with Gasteiger partial charge in [0.05, 0.1) is 16.0 Å². The first-order valence-corrected chi connectivity index (χ1v) is 13.5. The molecule has 11 heteroatoms. The summed E-state index contributed by atoms with van der Waals surface area (Å²) in [5.74, 6) is -2.66. The Labute approximate surface area is 219 Å². The van der Waals surface area contributed by atoms with Gasteiger partial charge in [0, 0.05) is 18.6 Å². The van der Waals surface area contributed by atoms with E-state index in [4.69, 9.17) is 4.74 Å². The topological polar surface area (TPSA) is 58.6 Å². The predicted molar refractivity (Wildman–Crippen MR) is 132 cm³/mol. The highest BCUT2D eigenvalue weighted by atomic mass is 79.9. The van der Waals surface area contributed by atoms with Crippen molar-refractivity contribution in [2.45, 2.75) is 76.7 Å². The second-order valence-electron chi connectivity index (χ2n) is 9.31. The Bertz CT molecular complexity index is 1140. The third kappa shape index (κ3) is 5.41. The largest absolute Gasteiger partial charge is 0.483 e. The molecule has 3 heterocycles. The standard InChI is InChI=1S/C25H27BrF4N2O3S/c1-3-8-35-23-20(26)13(2)21(36-23)22(33)32-16-5-6-17(32)11-15(10-16)18-9-14(4-7-19(18)27)12-31-24(34)25(28,29)30/h4,7,9,15-17H,3,5-6,8,10-12H2,1-2H3,(H,31,34). The number of thiophene rings is 1. The molecule has 2 bridgehead atoms. The Morgan fingerprint density at radius 1 is 1.22 bits per heavy atom. The number of fused-ring (bicyclic) bond motifs is 2. The second-order valence-corrected chi connectivity index (χ2v) is 11.1. The molecule has 2 aliphatic rings. The minimum absolute atomic E-state index is 0.0421. The van der Waals surface area contributed by atoms with Crippen LogP contribution >= 0.6 is 27.3 Å². The van der Waals surface area contributed by atoms with Crippen LogP contribution in [-0.2, 0) is 11.3 Å². The van der Waals surface area contributed by atoms with Crippen molar-refractivity contribution in [3.8, 4) is 5.06 Å². The monoisotopic (exact) mass is 590 g/mol. The number of hydrogen-bond acceptors (Lipinski definition) is 4. The van der Waals surface area contributed by atoms with E-state index in [1.54, 1.807) is 0 Å². The highest BCUT2D eigenvalue weighted by molar-refractivity contribution is 9.10. The SMILES string of the molecule is CCCOc1sc(C(=O)N2C3CCC2CC(c2cc(CNC(=O)C(F)(F)F)ccc2F)C3)c(C)c1Br. The number of amides is 2. The molecule has 196 valence electrons. The Morgan fingerprint density at radius 3 is 2.50 bits per heavy atom. The van der Waals surface area contributed by atoms with Crippen molar-refractivity contribution in [3.05, 3.63) is 50.1 Å². The zero-order chi connectivity index (χ0) is 26.2. The van der Waals surface area contributed by atoms with E-state index in [9.17, 15) is 27.2 Å². The Hall–Kier alpha value is -2.14. The summed E-state index contributed by atoms with van der Waals surface area (Å²) in [5.41, 5.74) is 1.66. The molecule has 1 N–H and O–H groups in total. The summed E-state index contributed by atoms with van der Waals surface area (Å²) >= 11 is 4.88. The van der Waals surface area contributed by atoms with Crippen molar-refractivity contribution in [1.82, 2.24) is 10.2 Å². The molecule has 1 aromatic heterocycles.